The molecule has 1 aliphatic rings. The van der Waals surface area contributed by atoms with E-state index in [1.165, 1.54) is 12.8 Å². The molecule has 0 saturated carbocycles. The predicted octanol–water partition coefficient (Wildman–Crippen LogP) is 1.78. The normalized spacial score (nSPS) is 15.6. The van der Waals surface area contributed by atoms with Gasteiger partial charge in [-0.05, 0) is 32.0 Å². The predicted molar refractivity (Wildman–Crippen MR) is 78.8 cm³/mol. The highest BCUT2D eigenvalue weighted by molar-refractivity contribution is 5.99. The van der Waals surface area contributed by atoms with E-state index in [-0.39, 0.29) is 6.03 Å². The Balaban J connectivity index is 1.52. The number of nitrogens with zero attached hydrogens (tertiary/aromatic N) is 2. The summed E-state index contributed by atoms with van der Waals surface area (Å²) in [6.07, 6.45) is 4.29. The van der Waals surface area contributed by atoms with Gasteiger partial charge in [0, 0.05) is 18.5 Å². The topological polar surface area (TPSA) is 73.1 Å². The van der Waals surface area contributed by atoms with E-state index in [0.717, 1.165) is 36.2 Å². The lowest BCUT2D eigenvalue weighted by Crippen LogP contribution is -2.35. The van der Waals surface area contributed by atoms with Crippen LogP contribution in [0.25, 0.3) is 10.9 Å². The summed E-state index contributed by atoms with van der Waals surface area (Å²) in [6.45, 7) is 3.89. The van der Waals surface area contributed by atoms with Gasteiger partial charge in [0.25, 0.3) is 0 Å². The van der Waals surface area contributed by atoms with E-state index in [9.17, 15) is 4.79 Å². The monoisotopic (exact) mass is 273 g/mol. The number of fused-ring (bicyclic) bond motifs is 1. The quantitative estimate of drug-likeness (QED) is 0.795. The Morgan fingerprint density at radius 3 is 3.05 bits per heavy atom. The minimum Gasteiger partial charge on any atom is -0.337 e. The summed E-state index contributed by atoms with van der Waals surface area (Å²) in [6, 6.07) is 5.54. The van der Waals surface area contributed by atoms with Gasteiger partial charge in [0.15, 0.2) is 0 Å². The fourth-order valence-corrected chi connectivity index (χ4v) is 2.57. The van der Waals surface area contributed by atoms with Crippen LogP contribution in [0.2, 0.25) is 0 Å². The number of nitrogens with one attached hydrogen (secondary N) is 3. The molecule has 3 N–H and O–H groups in total. The number of amides is 2. The zero-order valence-corrected chi connectivity index (χ0v) is 11.4. The highest BCUT2D eigenvalue weighted by Crippen LogP contribution is 2.20. The van der Waals surface area contributed by atoms with Crippen molar-refractivity contribution in [3.05, 3.63) is 24.4 Å². The number of likely N-dealkylation sites (tertiary alicyclic amines) is 1. The molecule has 106 valence electrons. The number of para-hydroxylation sites is 1. The summed E-state index contributed by atoms with van der Waals surface area (Å²) in [5.74, 6) is 0. The summed E-state index contributed by atoms with van der Waals surface area (Å²) in [4.78, 5) is 14.2. The van der Waals surface area contributed by atoms with Crippen LogP contribution in [-0.2, 0) is 0 Å². The van der Waals surface area contributed by atoms with Crippen LogP contribution in [0.4, 0.5) is 10.5 Å². The van der Waals surface area contributed by atoms with Crippen molar-refractivity contribution >= 4 is 22.6 Å². The molecule has 0 aliphatic carbocycles. The van der Waals surface area contributed by atoms with E-state index in [4.69, 9.17) is 0 Å². The Hall–Kier alpha value is -2.08. The zero-order valence-electron chi connectivity index (χ0n) is 11.4. The average molecular weight is 273 g/mol. The number of aromatic nitrogens is 2. The first kappa shape index (κ1) is 12.9. The van der Waals surface area contributed by atoms with Gasteiger partial charge in [-0.15, -0.1) is 0 Å². The molecule has 0 atom stereocenters. The second-order valence-corrected chi connectivity index (χ2v) is 5.07. The fourth-order valence-electron chi connectivity index (χ4n) is 2.57. The molecule has 2 amide bonds. The first-order chi connectivity index (χ1) is 9.83. The number of anilines is 1. The summed E-state index contributed by atoms with van der Waals surface area (Å²) in [5, 5.41) is 13.6. The van der Waals surface area contributed by atoms with Crippen LogP contribution in [0.1, 0.15) is 12.8 Å². The summed E-state index contributed by atoms with van der Waals surface area (Å²) < 4.78 is 0. The smallest absolute Gasteiger partial charge is 0.319 e. The fraction of sp³-hybridized carbons (Fsp3) is 0.429. The van der Waals surface area contributed by atoms with Crippen molar-refractivity contribution in [2.75, 3.05) is 31.5 Å². The Morgan fingerprint density at radius 1 is 1.35 bits per heavy atom. The SMILES string of the molecule is O=C(NCCN1CCCC1)Nc1cccc2cn[nH]c12. The number of aromatic amines is 1. The van der Waals surface area contributed by atoms with Crippen LogP contribution in [0.5, 0.6) is 0 Å². The van der Waals surface area contributed by atoms with Crippen LogP contribution in [0, 0.1) is 0 Å². The molecule has 1 fully saturated rings. The Labute approximate surface area is 117 Å². The number of carbonyl (C=O) groups excluding carboxylic acids is 1. The molecule has 0 unspecified atom stereocenters. The highest BCUT2D eigenvalue weighted by Gasteiger charge is 2.11. The molecule has 6 nitrogen and oxygen atoms in total. The van der Waals surface area contributed by atoms with E-state index in [0.29, 0.717) is 6.54 Å². The largest absolute Gasteiger partial charge is 0.337 e. The first-order valence-corrected chi connectivity index (χ1v) is 7.02. The molecule has 20 heavy (non-hydrogen) atoms. The zero-order chi connectivity index (χ0) is 13.8. The Morgan fingerprint density at radius 2 is 2.20 bits per heavy atom. The molecule has 2 aromatic rings. The molecule has 3 rings (SSSR count). The van der Waals surface area contributed by atoms with Crippen molar-refractivity contribution < 1.29 is 4.79 Å². The molecule has 0 spiro atoms. The highest BCUT2D eigenvalue weighted by atomic mass is 16.2. The maximum atomic E-state index is 11.9. The van der Waals surface area contributed by atoms with E-state index < -0.39 is 0 Å². The molecule has 6 heteroatoms. The van der Waals surface area contributed by atoms with Crippen molar-refractivity contribution in [3.63, 3.8) is 0 Å². The van der Waals surface area contributed by atoms with Gasteiger partial charge in [0.1, 0.15) is 0 Å². The van der Waals surface area contributed by atoms with Gasteiger partial charge in [-0.2, -0.15) is 5.10 Å². The summed E-state index contributed by atoms with van der Waals surface area (Å²) >= 11 is 0. The maximum absolute atomic E-state index is 11.9. The van der Waals surface area contributed by atoms with E-state index >= 15 is 0 Å². The molecule has 1 aromatic heterocycles. The van der Waals surface area contributed by atoms with Crippen LogP contribution < -0.4 is 10.6 Å². The number of hydrogen-bond acceptors (Lipinski definition) is 3. The molecule has 0 bridgehead atoms. The van der Waals surface area contributed by atoms with Gasteiger partial charge < -0.3 is 15.5 Å². The minimum atomic E-state index is -0.175. The number of benzene rings is 1. The van der Waals surface area contributed by atoms with Crippen LogP contribution >= 0.6 is 0 Å². The number of carbonyl (C=O) groups is 1. The maximum Gasteiger partial charge on any atom is 0.319 e. The van der Waals surface area contributed by atoms with Gasteiger partial charge in [-0.25, -0.2) is 4.79 Å². The third-order valence-corrected chi connectivity index (χ3v) is 3.64. The van der Waals surface area contributed by atoms with Crippen molar-refractivity contribution in [2.45, 2.75) is 12.8 Å². The summed E-state index contributed by atoms with van der Waals surface area (Å²) in [5.41, 5.74) is 1.60. The number of urea groups is 1. The van der Waals surface area contributed by atoms with Gasteiger partial charge in [-0.3, -0.25) is 5.10 Å². The lowest BCUT2D eigenvalue weighted by molar-refractivity contribution is 0.249. The lowest BCUT2D eigenvalue weighted by atomic mass is 10.2. The Kier molecular flexibility index (Phi) is 3.83. The van der Waals surface area contributed by atoms with E-state index in [1.54, 1.807) is 6.20 Å². The Bertz CT molecular complexity index is 588. The van der Waals surface area contributed by atoms with E-state index in [2.05, 4.69) is 25.7 Å². The molecule has 2 heterocycles. The van der Waals surface area contributed by atoms with Crippen LogP contribution in [0.3, 0.4) is 0 Å². The van der Waals surface area contributed by atoms with Crippen molar-refractivity contribution in [1.29, 1.82) is 0 Å². The third kappa shape index (κ3) is 2.91. The van der Waals surface area contributed by atoms with E-state index in [1.807, 2.05) is 18.2 Å². The van der Waals surface area contributed by atoms with Gasteiger partial charge >= 0.3 is 6.03 Å². The molecular weight excluding hydrogens is 254 g/mol. The van der Waals surface area contributed by atoms with Gasteiger partial charge in [0.05, 0.1) is 17.4 Å². The van der Waals surface area contributed by atoms with Crippen molar-refractivity contribution in [1.82, 2.24) is 20.4 Å². The van der Waals surface area contributed by atoms with Gasteiger partial charge in [0.2, 0.25) is 0 Å². The standard InChI is InChI=1S/C14H19N5O/c20-14(15-6-9-19-7-1-2-8-19)17-12-5-3-4-11-10-16-18-13(11)12/h3-5,10H,1-2,6-9H2,(H,16,18)(H2,15,17,20). The lowest BCUT2D eigenvalue weighted by Gasteiger charge is -2.15. The van der Waals surface area contributed by atoms with Gasteiger partial charge in [-0.1, -0.05) is 12.1 Å². The number of rotatable bonds is 4. The molecule has 1 aliphatic heterocycles. The third-order valence-electron chi connectivity index (χ3n) is 3.64. The van der Waals surface area contributed by atoms with Crippen molar-refractivity contribution in [2.24, 2.45) is 0 Å². The average Bonchev–Trinajstić information content (AvgIpc) is 3.09. The molecule has 1 saturated heterocycles. The number of H-pyrrole nitrogens is 1. The molecular formula is C14H19N5O. The first-order valence-electron chi connectivity index (χ1n) is 7.02. The summed E-state index contributed by atoms with van der Waals surface area (Å²) in [7, 11) is 0. The minimum absolute atomic E-state index is 0.175. The van der Waals surface area contributed by atoms with Crippen LogP contribution in [-0.4, -0.2) is 47.3 Å². The molecule has 0 radical (unpaired) electrons. The van der Waals surface area contributed by atoms with Crippen LogP contribution in [0.15, 0.2) is 24.4 Å². The van der Waals surface area contributed by atoms with Crippen molar-refractivity contribution in [3.8, 4) is 0 Å². The second-order valence-electron chi connectivity index (χ2n) is 5.07. The number of hydrogen-bond donors (Lipinski definition) is 3. The second kappa shape index (κ2) is 5.92. The molecule has 1 aromatic carbocycles.